The molecule has 3 aromatic carbocycles. The lowest BCUT2D eigenvalue weighted by atomic mass is 10.1. The number of benzene rings is 3. The van der Waals surface area contributed by atoms with Crippen molar-refractivity contribution in [1.29, 1.82) is 0 Å². The molecule has 0 spiro atoms. The van der Waals surface area contributed by atoms with E-state index in [2.05, 4.69) is 62.9 Å². The summed E-state index contributed by atoms with van der Waals surface area (Å²) in [5, 5.41) is 12.0. The number of nitrogens with one attached hydrogen (secondary N) is 2. The number of carbonyl (C=O) groups excluding carboxylic acids is 1. The molecule has 0 unspecified atom stereocenters. The molecule has 1 saturated heterocycles. The molecule has 4 aromatic rings. The largest absolute Gasteiger partial charge is 0.369 e. The van der Waals surface area contributed by atoms with Crippen LogP contribution in [0.4, 0.5) is 11.4 Å². The molecule has 0 bridgehead atoms. The molecule has 0 atom stereocenters. The molecular formula is C30H33N5O. The van der Waals surface area contributed by atoms with Crippen molar-refractivity contribution in [2.75, 3.05) is 43.0 Å². The first-order valence-electron chi connectivity index (χ1n) is 12.7. The van der Waals surface area contributed by atoms with Crippen molar-refractivity contribution in [2.45, 2.75) is 12.8 Å². The number of nitrogens with zero attached hydrogens (tertiary/aromatic N) is 3. The maximum absolute atomic E-state index is 11.6. The van der Waals surface area contributed by atoms with Crippen LogP contribution in [0.2, 0.25) is 0 Å². The van der Waals surface area contributed by atoms with E-state index in [-0.39, 0.29) is 5.91 Å². The first-order valence-corrected chi connectivity index (χ1v) is 12.7. The summed E-state index contributed by atoms with van der Waals surface area (Å²) in [5.74, 6) is 0.552. The van der Waals surface area contributed by atoms with Crippen molar-refractivity contribution < 1.29 is 4.79 Å². The van der Waals surface area contributed by atoms with Crippen LogP contribution in [-0.4, -0.2) is 49.3 Å². The third kappa shape index (κ3) is 5.83. The summed E-state index contributed by atoms with van der Waals surface area (Å²) in [6, 6.07) is 26.7. The number of hydrogen-bond acceptors (Lipinski definition) is 4. The fraction of sp³-hybridized carbons (Fsp3) is 0.267. The molecule has 6 rings (SSSR count). The van der Waals surface area contributed by atoms with E-state index in [0.29, 0.717) is 5.92 Å². The van der Waals surface area contributed by atoms with E-state index in [1.807, 2.05) is 55.6 Å². The van der Waals surface area contributed by atoms with Crippen LogP contribution in [0, 0.1) is 5.92 Å². The predicted molar refractivity (Wildman–Crippen MR) is 149 cm³/mol. The van der Waals surface area contributed by atoms with Gasteiger partial charge in [0.05, 0.1) is 11.2 Å². The molecule has 1 amide bonds. The van der Waals surface area contributed by atoms with Crippen molar-refractivity contribution in [3.8, 4) is 0 Å². The van der Waals surface area contributed by atoms with Gasteiger partial charge in [-0.05, 0) is 54.8 Å². The number of anilines is 2. The zero-order valence-electron chi connectivity index (χ0n) is 20.7. The molecule has 1 saturated carbocycles. The SMILES string of the molecule is C(=C\c1n[nH]c2ccccc12)/c1ccc(N2CCNCC2)cc1.CN(C(=O)C1CC1)c1ccccc1. The lowest BCUT2D eigenvalue weighted by molar-refractivity contribution is -0.119. The van der Waals surface area contributed by atoms with Gasteiger partial charge >= 0.3 is 0 Å². The van der Waals surface area contributed by atoms with Crippen LogP contribution >= 0.6 is 0 Å². The number of aromatic nitrogens is 2. The Morgan fingerprint density at radius 3 is 2.33 bits per heavy atom. The predicted octanol–water partition coefficient (Wildman–Crippen LogP) is 5.20. The van der Waals surface area contributed by atoms with Gasteiger partial charge in [-0.3, -0.25) is 9.89 Å². The summed E-state index contributed by atoms with van der Waals surface area (Å²) in [7, 11) is 1.84. The van der Waals surface area contributed by atoms with Crippen LogP contribution in [0.15, 0.2) is 78.9 Å². The van der Waals surface area contributed by atoms with Crippen molar-refractivity contribution >= 4 is 40.3 Å². The van der Waals surface area contributed by atoms with Crippen LogP contribution in [0.5, 0.6) is 0 Å². The van der Waals surface area contributed by atoms with E-state index >= 15 is 0 Å². The number of hydrogen-bond donors (Lipinski definition) is 2. The van der Waals surface area contributed by atoms with Crippen LogP contribution < -0.4 is 15.1 Å². The Kier molecular flexibility index (Phi) is 7.43. The molecule has 6 heteroatoms. The van der Waals surface area contributed by atoms with Gasteiger partial charge < -0.3 is 15.1 Å². The number of rotatable bonds is 5. The van der Waals surface area contributed by atoms with Crippen molar-refractivity contribution in [2.24, 2.45) is 5.92 Å². The number of para-hydroxylation sites is 2. The molecule has 1 aromatic heterocycles. The Bertz CT molecular complexity index is 1300. The van der Waals surface area contributed by atoms with E-state index in [4.69, 9.17) is 0 Å². The van der Waals surface area contributed by atoms with Gasteiger partial charge in [-0.15, -0.1) is 0 Å². The lowest BCUT2D eigenvalue weighted by Crippen LogP contribution is -2.43. The summed E-state index contributed by atoms with van der Waals surface area (Å²) in [6.07, 6.45) is 6.31. The van der Waals surface area contributed by atoms with E-state index in [0.717, 1.165) is 61.3 Å². The molecule has 36 heavy (non-hydrogen) atoms. The van der Waals surface area contributed by atoms with Gasteiger partial charge in [0, 0.05) is 55.9 Å². The maximum atomic E-state index is 11.6. The number of carbonyl (C=O) groups is 1. The second-order valence-electron chi connectivity index (χ2n) is 9.32. The van der Waals surface area contributed by atoms with Crippen molar-refractivity contribution in [1.82, 2.24) is 15.5 Å². The monoisotopic (exact) mass is 479 g/mol. The highest BCUT2D eigenvalue weighted by molar-refractivity contribution is 5.95. The van der Waals surface area contributed by atoms with Crippen LogP contribution in [0.3, 0.4) is 0 Å². The highest BCUT2D eigenvalue weighted by atomic mass is 16.2. The number of piperazine rings is 1. The molecule has 6 nitrogen and oxygen atoms in total. The van der Waals surface area contributed by atoms with Gasteiger partial charge in [0.2, 0.25) is 5.91 Å². The molecule has 184 valence electrons. The normalized spacial score (nSPS) is 15.5. The minimum atomic E-state index is 0.256. The zero-order chi connectivity index (χ0) is 24.7. The Morgan fingerprint density at radius 2 is 1.61 bits per heavy atom. The standard InChI is InChI=1S/C19H20N4.C11H13NO/c1-2-4-18-17(3-1)19(22-21-18)10-7-15-5-8-16(9-6-15)23-13-11-20-12-14-23;1-12(11(13)9-7-8-9)10-5-3-2-4-6-10/h1-10,20H,11-14H2,(H,21,22);2-6,9H,7-8H2,1H3/b10-7+;. The molecule has 2 N–H and O–H groups in total. The number of aromatic amines is 1. The second kappa shape index (κ2) is 11.2. The second-order valence-corrected chi connectivity index (χ2v) is 9.32. The summed E-state index contributed by atoms with van der Waals surface area (Å²) >= 11 is 0. The van der Waals surface area contributed by atoms with Gasteiger partial charge in [0.1, 0.15) is 0 Å². The minimum absolute atomic E-state index is 0.256. The minimum Gasteiger partial charge on any atom is -0.369 e. The first kappa shape index (κ1) is 23.8. The van der Waals surface area contributed by atoms with Gasteiger partial charge in [-0.1, -0.05) is 54.6 Å². The van der Waals surface area contributed by atoms with Gasteiger partial charge in [-0.25, -0.2) is 0 Å². The Balaban J connectivity index is 0.000000174. The summed E-state index contributed by atoms with van der Waals surface area (Å²) in [6.45, 7) is 4.28. The van der Waals surface area contributed by atoms with E-state index in [1.165, 1.54) is 11.3 Å². The number of fused-ring (bicyclic) bond motifs is 1. The van der Waals surface area contributed by atoms with Crippen LogP contribution in [0.25, 0.3) is 23.1 Å². The molecule has 2 fully saturated rings. The number of H-pyrrole nitrogens is 1. The van der Waals surface area contributed by atoms with Crippen molar-refractivity contribution in [3.05, 3.63) is 90.1 Å². The zero-order valence-corrected chi connectivity index (χ0v) is 20.7. The Labute approximate surface area is 212 Å². The molecule has 1 aliphatic carbocycles. The average Bonchev–Trinajstić information content (AvgIpc) is 3.73. The molecule has 0 radical (unpaired) electrons. The van der Waals surface area contributed by atoms with Gasteiger partial charge in [0.15, 0.2) is 0 Å². The summed E-state index contributed by atoms with van der Waals surface area (Å²) in [5.41, 5.74) is 5.53. The lowest BCUT2D eigenvalue weighted by Gasteiger charge is -2.29. The van der Waals surface area contributed by atoms with Gasteiger partial charge in [0.25, 0.3) is 0 Å². The topological polar surface area (TPSA) is 64.3 Å². The third-order valence-electron chi connectivity index (χ3n) is 6.71. The fourth-order valence-corrected chi connectivity index (χ4v) is 4.39. The Hall–Kier alpha value is -3.90. The fourth-order valence-electron chi connectivity index (χ4n) is 4.39. The van der Waals surface area contributed by atoms with E-state index in [1.54, 1.807) is 4.90 Å². The smallest absolute Gasteiger partial charge is 0.229 e. The maximum Gasteiger partial charge on any atom is 0.229 e. The molecule has 2 heterocycles. The summed E-state index contributed by atoms with van der Waals surface area (Å²) < 4.78 is 0. The van der Waals surface area contributed by atoms with Crippen LogP contribution in [0.1, 0.15) is 24.1 Å². The van der Waals surface area contributed by atoms with Crippen LogP contribution in [-0.2, 0) is 4.79 Å². The molecule has 2 aliphatic rings. The number of amides is 1. The van der Waals surface area contributed by atoms with E-state index in [9.17, 15) is 4.79 Å². The summed E-state index contributed by atoms with van der Waals surface area (Å²) in [4.78, 5) is 15.8. The average molecular weight is 480 g/mol. The van der Waals surface area contributed by atoms with E-state index < -0.39 is 0 Å². The van der Waals surface area contributed by atoms with Crippen molar-refractivity contribution in [3.63, 3.8) is 0 Å². The third-order valence-corrected chi connectivity index (χ3v) is 6.71. The quantitative estimate of drug-likeness (QED) is 0.413. The highest BCUT2D eigenvalue weighted by Gasteiger charge is 2.32. The molecular weight excluding hydrogens is 446 g/mol. The Morgan fingerprint density at radius 1 is 0.917 bits per heavy atom. The molecule has 1 aliphatic heterocycles. The highest BCUT2D eigenvalue weighted by Crippen LogP contribution is 2.32. The first-order chi connectivity index (χ1) is 17.7. The van der Waals surface area contributed by atoms with Gasteiger partial charge in [-0.2, -0.15) is 5.10 Å².